The van der Waals surface area contributed by atoms with Gasteiger partial charge in [0.25, 0.3) is 0 Å². The van der Waals surface area contributed by atoms with E-state index in [0.717, 1.165) is 34.7 Å². The molecule has 1 unspecified atom stereocenters. The molecule has 3 rings (SSSR count). The molecule has 0 aliphatic rings. The van der Waals surface area contributed by atoms with Gasteiger partial charge in [-0.15, -0.1) is 0 Å². The van der Waals surface area contributed by atoms with Crippen LogP contribution in [0.2, 0.25) is 0 Å². The number of nitrogens with zero attached hydrogens (tertiary/aromatic N) is 1. The summed E-state index contributed by atoms with van der Waals surface area (Å²) in [6.07, 6.45) is 1.76. The van der Waals surface area contributed by atoms with Crippen LogP contribution < -0.4 is 20.7 Å². The van der Waals surface area contributed by atoms with Crippen molar-refractivity contribution in [2.24, 2.45) is 11.7 Å². The molecule has 0 bridgehead atoms. The summed E-state index contributed by atoms with van der Waals surface area (Å²) < 4.78 is 5.88. The summed E-state index contributed by atoms with van der Waals surface area (Å²) in [5.74, 6) is 1.46. The molecule has 4 nitrogen and oxygen atoms in total. The van der Waals surface area contributed by atoms with E-state index in [0.29, 0.717) is 18.9 Å². The van der Waals surface area contributed by atoms with Crippen LogP contribution in [-0.4, -0.2) is 20.1 Å². The Morgan fingerprint density at radius 3 is 2.27 bits per heavy atom. The highest BCUT2D eigenvalue weighted by molar-refractivity contribution is 5.64. The van der Waals surface area contributed by atoms with E-state index in [1.807, 2.05) is 30.3 Å². The second kappa shape index (κ2) is 11.6. The zero-order chi connectivity index (χ0) is 23.8. The molecule has 3 N–H and O–H groups in total. The van der Waals surface area contributed by atoms with Crippen LogP contribution in [0.5, 0.6) is 5.75 Å². The van der Waals surface area contributed by atoms with Crippen molar-refractivity contribution in [3.05, 3.63) is 102 Å². The molecule has 33 heavy (non-hydrogen) atoms. The molecule has 0 heterocycles. The van der Waals surface area contributed by atoms with E-state index in [1.54, 1.807) is 0 Å². The number of nitrogens with one attached hydrogen (secondary N) is 1. The van der Waals surface area contributed by atoms with Gasteiger partial charge in [-0.05, 0) is 59.7 Å². The second-order valence-corrected chi connectivity index (χ2v) is 9.21. The van der Waals surface area contributed by atoms with Crippen molar-refractivity contribution < 1.29 is 4.74 Å². The van der Waals surface area contributed by atoms with Crippen LogP contribution in [0.3, 0.4) is 0 Å². The van der Waals surface area contributed by atoms with E-state index in [-0.39, 0.29) is 6.04 Å². The third-order valence-corrected chi connectivity index (χ3v) is 5.58. The van der Waals surface area contributed by atoms with Crippen molar-refractivity contribution in [1.82, 2.24) is 0 Å². The lowest BCUT2D eigenvalue weighted by molar-refractivity contribution is 0.306. The molecule has 0 saturated carbocycles. The monoisotopic (exact) mass is 443 g/mol. The molecule has 0 radical (unpaired) electrons. The van der Waals surface area contributed by atoms with E-state index in [4.69, 9.17) is 10.5 Å². The second-order valence-electron chi connectivity index (χ2n) is 9.21. The van der Waals surface area contributed by atoms with Crippen LogP contribution >= 0.6 is 0 Å². The number of nitrogens with two attached hydrogens (primary N) is 1. The first-order chi connectivity index (χ1) is 15.8. The van der Waals surface area contributed by atoms with Crippen LogP contribution in [0.1, 0.15) is 30.5 Å². The third-order valence-electron chi connectivity index (χ3n) is 5.58. The smallest absolute Gasteiger partial charge is 0.119 e. The Balaban J connectivity index is 1.56. The van der Waals surface area contributed by atoms with Crippen LogP contribution in [0.15, 0.2) is 85.1 Å². The van der Waals surface area contributed by atoms with Gasteiger partial charge < -0.3 is 20.7 Å². The lowest BCUT2D eigenvalue weighted by Gasteiger charge is -2.22. The van der Waals surface area contributed by atoms with Gasteiger partial charge in [-0.3, -0.25) is 0 Å². The number of hydrogen-bond acceptors (Lipinski definition) is 4. The fraction of sp³-hybridized carbons (Fsp3) is 0.310. The highest BCUT2D eigenvalue weighted by Gasteiger charge is 2.12. The molecule has 4 heteroatoms. The molecule has 3 aromatic carbocycles. The number of ether oxygens (including phenoxy) is 1. The maximum Gasteiger partial charge on any atom is 0.119 e. The zero-order valence-corrected chi connectivity index (χ0v) is 20.3. The molecular weight excluding hydrogens is 406 g/mol. The van der Waals surface area contributed by atoms with Gasteiger partial charge in [-0.25, -0.2) is 0 Å². The highest BCUT2D eigenvalue weighted by Crippen LogP contribution is 2.27. The molecule has 0 aliphatic heterocycles. The van der Waals surface area contributed by atoms with Crippen molar-refractivity contribution >= 4 is 11.4 Å². The van der Waals surface area contributed by atoms with E-state index >= 15 is 0 Å². The molecule has 0 saturated heterocycles. The summed E-state index contributed by atoms with van der Waals surface area (Å²) in [6, 6.07) is 24.6. The summed E-state index contributed by atoms with van der Waals surface area (Å²) in [4.78, 5) is 2.16. The average Bonchev–Trinajstić information content (AvgIpc) is 2.79. The Hall–Kier alpha value is -3.24. The molecule has 0 aromatic heterocycles. The van der Waals surface area contributed by atoms with E-state index in [1.165, 1.54) is 11.3 Å². The molecular formula is C29H37N3O. The molecule has 3 aromatic rings. The van der Waals surface area contributed by atoms with Gasteiger partial charge in [-0.2, -0.15) is 0 Å². The molecule has 0 amide bonds. The molecule has 1 atom stereocenters. The van der Waals surface area contributed by atoms with Gasteiger partial charge in [0.1, 0.15) is 12.4 Å². The first kappa shape index (κ1) is 24.4. The van der Waals surface area contributed by atoms with Crippen molar-refractivity contribution in [2.75, 3.05) is 24.3 Å². The standard InChI is InChI=1S/C29H37N3O/c1-21(2)17-25-13-14-26(19-29(25)32(4)5)31-22(3)28(30)18-23-11-15-27(16-12-23)33-20-24-9-7-6-8-10-24/h6-16,19,21,28,31H,3,17-18,20,30H2,1-2,4-5H3. The minimum atomic E-state index is -0.195. The largest absolute Gasteiger partial charge is 0.489 e. The summed E-state index contributed by atoms with van der Waals surface area (Å²) in [6.45, 7) is 9.25. The summed E-state index contributed by atoms with van der Waals surface area (Å²) in [5.41, 5.74) is 13.2. The lowest BCUT2D eigenvalue weighted by atomic mass is 10.00. The molecule has 0 fully saturated rings. The predicted molar refractivity (Wildman–Crippen MR) is 141 cm³/mol. The quantitative estimate of drug-likeness (QED) is 0.380. The van der Waals surface area contributed by atoms with Gasteiger partial charge in [-0.1, -0.05) is 69.0 Å². The van der Waals surface area contributed by atoms with E-state index in [9.17, 15) is 0 Å². The first-order valence-electron chi connectivity index (χ1n) is 11.6. The Labute approximate surface area is 199 Å². The van der Waals surface area contributed by atoms with Gasteiger partial charge in [0.05, 0.1) is 0 Å². The number of hydrogen-bond donors (Lipinski definition) is 2. The van der Waals surface area contributed by atoms with Crippen LogP contribution in [0.25, 0.3) is 0 Å². The van der Waals surface area contributed by atoms with Gasteiger partial charge in [0.2, 0.25) is 0 Å². The maximum absolute atomic E-state index is 6.46. The normalized spacial score (nSPS) is 11.8. The molecule has 174 valence electrons. The van der Waals surface area contributed by atoms with Crippen molar-refractivity contribution in [1.29, 1.82) is 0 Å². The molecule has 0 aliphatic carbocycles. The Kier molecular flexibility index (Phi) is 8.56. The maximum atomic E-state index is 6.46. The first-order valence-corrected chi connectivity index (χ1v) is 11.6. The van der Waals surface area contributed by atoms with Crippen LogP contribution in [0, 0.1) is 5.92 Å². The topological polar surface area (TPSA) is 50.5 Å². The van der Waals surface area contributed by atoms with Gasteiger partial charge in [0, 0.05) is 37.2 Å². The Morgan fingerprint density at radius 2 is 1.64 bits per heavy atom. The third kappa shape index (κ3) is 7.40. The number of benzene rings is 3. The van der Waals surface area contributed by atoms with Crippen LogP contribution in [-0.2, 0) is 19.4 Å². The SMILES string of the molecule is C=C(Nc1ccc(CC(C)C)c(N(C)C)c1)C(N)Cc1ccc(OCc2ccccc2)cc1. The Morgan fingerprint density at radius 1 is 0.939 bits per heavy atom. The summed E-state index contributed by atoms with van der Waals surface area (Å²) >= 11 is 0. The number of rotatable bonds is 11. The highest BCUT2D eigenvalue weighted by atomic mass is 16.5. The summed E-state index contributed by atoms with van der Waals surface area (Å²) in [7, 11) is 4.16. The predicted octanol–water partition coefficient (Wildman–Crippen LogP) is 6.03. The lowest BCUT2D eigenvalue weighted by Crippen LogP contribution is -2.28. The zero-order valence-electron chi connectivity index (χ0n) is 20.3. The number of anilines is 2. The van der Waals surface area contributed by atoms with Gasteiger partial charge in [0.15, 0.2) is 0 Å². The van der Waals surface area contributed by atoms with E-state index < -0.39 is 0 Å². The van der Waals surface area contributed by atoms with E-state index in [2.05, 4.69) is 87.2 Å². The van der Waals surface area contributed by atoms with Gasteiger partial charge >= 0.3 is 0 Å². The Bertz CT molecular complexity index is 1030. The molecule has 0 spiro atoms. The summed E-state index contributed by atoms with van der Waals surface area (Å²) in [5, 5.41) is 3.42. The van der Waals surface area contributed by atoms with Crippen molar-refractivity contribution in [2.45, 2.75) is 39.3 Å². The average molecular weight is 444 g/mol. The van der Waals surface area contributed by atoms with Crippen molar-refractivity contribution in [3.8, 4) is 5.75 Å². The minimum absolute atomic E-state index is 0.195. The fourth-order valence-electron chi connectivity index (χ4n) is 3.79. The van der Waals surface area contributed by atoms with Crippen LogP contribution in [0.4, 0.5) is 11.4 Å². The van der Waals surface area contributed by atoms with Crippen molar-refractivity contribution in [3.63, 3.8) is 0 Å². The minimum Gasteiger partial charge on any atom is -0.489 e. The fourth-order valence-corrected chi connectivity index (χ4v) is 3.79.